The Labute approximate surface area is 208 Å². The molecule has 10 heteroatoms. The van der Waals surface area contributed by atoms with Crippen LogP contribution in [0.4, 0.5) is 4.79 Å². The molecular weight excluding hydrogens is 462 g/mol. The molecule has 2 N–H and O–H groups in total. The monoisotopic (exact) mass is 489 g/mol. The molecule has 4 amide bonds. The molecule has 2 heterocycles. The number of carbonyl (C=O) groups is 4. The molecule has 2 aromatic carbocycles. The number of esters is 1. The van der Waals surface area contributed by atoms with Gasteiger partial charge in [0.25, 0.3) is 11.8 Å². The molecule has 0 radical (unpaired) electrons. The summed E-state index contributed by atoms with van der Waals surface area (Å²) < 4.78 is 6.59. The van der Waals surface area contributed by atoms with Crippen LogP contribution in [0, 0.1) is 6.92 Å². The van der Waals surface area contributed by atoms with Crippen molar-refractivity contribution in [2.45, 2.75) is 39.2 Å². The molecule has 1 fully saturated rings. The van der Waals surface area contributed by atoms with Crippen molar-refractivity contribution >= 4 is 23.8 Å². The number of aromatic nitrogens is 2. The fraction of sp³-hybridized carbons (Fsp3) is 0.269. The van der Waals surface area contributed by atoms with Crippen LogP contribution in [0.3, 0.4) is 0 Å². The zero-order valence-corrected chi connectivity index (χ0v) is 20.3. The first-order valence-corrected chi connectivity index (χ1v) is 11.6. The number of imide groups is 1. The van der Waals surface area contributed by atoms with Gasteiger partial charge in [-0.1, -0.05) is 30.3 Å². The first-order chi connectivity index (χ1) is 17.2. The highest BCUT2D eigenvalue weighted by Gasteiger charge is 2.48. The predicted octanol–water partition coefficient (Wildman–Crippen LogP) is 2.95. The van der Waals surface area contributed by atoms with Crippen LogP contribution in [0.5, 0.6) is 0 Å². The van der Waals surface area contributed by atoms with Gasteiger partial charge < -0.3 is 10.1 Å². The summed E-state index contributed by atoms with van der Waals surface area (Å²) in [5, 5.41) is 7.65. The van der Waals surface area contributed by atoms with E-state index in [9.17, 15) is 19.2 Å². The number of hydrogen-bond donors (Lipinski definition) is 2. The average molecular weight is 490 g/mol. The Hall–Kier alpha value is -4.47. The van der Waals surface area contributed by atoms with E-state index in [0.717, 1.165) is 10.6 Å². The number of hydrogen-bond acceptors (Lipinski definition) is 6. The summed E-state index contributed by atoms with van der Waals surface area (Å²) in [5.41, 5.74) is 4.14. The van der Waals surface area contributed by atoms with Gasteiger partial charge >= 0.3 is 12.0 Å². The fourth-order valence-corrected chi connectivity index (χ4v) is 3.99. The number of hydrazine groups is 1. The molecule has 1 unspecified atom stereocenters. The van der Waals surface area contributed by atoms with Gasteiger partial charge in [0.1, 0.15) is 11.1 Å². The van der Waals surface area contributed by atoms with Gasteiger partial charge in [-0.3, -0.25) is 15.0 Å². The molecule has 1 aliphatic heterocycles. The molecular formula is C26H27N5O5. The van der Waals surface area contributed by atoms with E-state index in [2.05, 4.69) is 15.8 Å². The summed E-state index contributed by atoms with van der Waals surface area (Å²) in [6.07, 6.45) is 2.41. The van der Waals surface area contributed by atoms with E-state index in [1.54, 1.807) is 49.7 Å². The number of benzene rings is 2. The van der Waals surface area contributed by atoms with Crippen molar-refractivity contribution < 1.29 is 23.9 Å². The van der Waals surface area contributed by atoms with Gasteiger partial charge in [0, 0.05) is 5.56 Å². The van der Waals surface area contributed by atoms with Gasteiger partial charge in [0.15, 0.2) is 0 Å². The normalized spacial score (nSPS) is 17.1. The summed E-state index contributed by atoms with van der Waals surface area (Å²) >= 11 is 0. The highest BCUT2D eigenvalue weighted by atomic mass is 16.5. The molecule has 0 bridgehead atoms. The van der Waals surface area contributed by atoms with E-state index < -0.39 is 29.4 Å². The molecule has 10 nitrogen and oxygen atoms in total. The number of rotatable bonds is 8. The summed E-state index contributed by atoms with van der Waals surface area (Å²) in [6, 6.07) is 15.4. The first kappa shape index (κ1) is 24.6. The first-order valence-electron chi connectivity index (χ1n) is 11.6. The number of nitrogens with zero attached hydrogens (tertiary/aromatic N) is 3. The molecule has 0 aliphatic carbocycles. The number of nitrogens with one attached hydrogen (secondary N) is 2. The fourth-order valence-electron chi connectivity index (χ4n) is 3.99. The van der Waals surface area contributed by atoms with Gasteiger partial charge in [-0.25, -0.2) is 14.3 Å². The zero-order valence-electron chi connectivity index (χ0n) is 20.3. The standard InChI is InChI=1S/C26H27N5O5/c1-4-36-23(33)21-16-27-30(17(21)2)20-12-10-19(11-13-20)22(32)29-31-24(34)26(3,28-25(31)35)15-14-18-8-6-5-7-9-18/h5-13,16H,4,14-15H2,1-3H3,(H,28,35)(H,29,32). The second-order valence-electron chi connectivity index (χ2n) is 8.65. The number of carbonyl (C=O) groups excluding carboxylic acids is 4. The highest BCUT2D eigenvalue weighted by Crippen LogP contribution is 2.23. The SMILES string of the molecule is CCOC(=O)c1cnn(-c2ccc(C(=O)NN3C(=O)NC(C)(CCc4ccccc4)C3=O)cc2)c1C. The Kier molecular flexibility index (Phi) is 6.86. The van der Waals surface area contributed by atoms with Crippen LogP contribution in [-0.4, -0.2) is 50.7 Å². The van der Waals surface area contributed by atoms with Crippen molar-refractivity contribution in [1.29, 1.82) is 0 Å². The lowest BCUT2D eigenvalue weighted by molar-refractivity contribution is -0.132. The molecule has 1 aliphatic rings. The van der Waals surface area contributed by atoms with Crippen molar-refractivity contribution in [1.82, 2.24) is 25.5 Å². The number of amides is 4. The van der Waals surface area contributed by atoms with E-state index in [1.165, 1.54) is 6.20 Å². The third-order valence-corrected chi connectivity index (χ3v) is 6.11. The maximum atomic E-state index is 13.0. The smallest absolute Gasteiger partial charge is 0.344 e. The minimum absolute atomic E-state index is 0.243. The van der Waals surface area contributed by atoms with Gasteiger partial charge in [-0.05, 0) is 63.4 Å². The molecule has 1 aromatic heterocycles. The van der Waals surface area contributed by atoms with Gasteiger partial charge in [-0.15, -0.1) is 0 Å². The lowest BCUT2D eigenvalue weighted by Crippen LogP contribution is -2.48. The average Bonchev–Trinajstić information content (AvgIpc) is 3.36. The Bertz CT molecular complexity index is 1300. The molecule has 36 heavy (non-hydrogen) atoms. The minimum Gasteiger partial charge on any atom is -0.462 e. The highest BCUT2D eigenvalue weighted by molar-refractivity contribution is 6.09. The van der Waals surface area contributed by atoms with Crippen LogP contribution in [0.2, 0.25) is 0 Å². The van der Waals surface area contributed by atoms with Crippen LogP contribution in [-0.2, 0) is 16.0 Å². The molecule has 4 rings (SSSR count). The number of urea groups is 1. The second-order valence-corrected chi connectivity index (χ2v) is 8.65. The quantitative estimate of drug-likeness (QED) is 0.371. The van der Waals surface area contributed by atoms with E-state index in [1.807, 2.05) is 30.3 Å². The summed E-state index contributed by atoms with van der Waals surface area (Å²) in [5.74, 6) is -1.59. The van der Waals surface area contributed by atoms with Gasteiger partial charge in [0.2, 0.25) is 0 Å². The van der Waals surface area contributed by atoms with Crippen LogP contribution < -0.4 is 10.7 Å². The van der Waals surface area contributed by atoms with Crippen LogP contribution in [0.15, 0.2) is 60.8 Å². The minimum atomic E-state index is -1.13. The van der Waals surface area contributed by atoms with Crippen molar-refractivity contribution in [3.05, 3.63) is 83.2 Å². The summed E-state index contributed by atoms with van der Waals surface area (Å²) in [4.78, 5) is 50.3. The summed E-state index contributed by atoms with van der Waals surface area (Å²) in [6.45, 7) is 5.38. The molecule has 0 spiro atoms. The van der Waals surface area contributed by atoms with E-state index >= 15 is 0 Å². The number of ether oxygens (including phenoxy) is 1. The van der Waals surface area contributed by atoms with Crippen molar-refractivity contribution in [2.75, 3.05) is 6.61 Å². The maximum Gasteiger partial charge on any atom is 0.344 e. The Balaban J connectivity index is 1.42. The molecule has 1 atom stereocenters. The second kappa shape index (κ2) is 10.0. The summed E-state index contributed by atoms with van der Waals surface area (Å²) in [7, 11) is 0. The van der Waals surface area contributed by atoms with Crippen molar-refractivity contribution in [3.8, 4) is 5.69 Å². The van der Waals surface area contributed by atoms with E-state index in [4.69, 9.17) is 4.74 Å². The Morgan fingerprint density at radius 2 is 1.78 bits per heavy atom. The Morgan fingerprint density at radius 3 is 2.44 bits per heavy atom. The van der Waals surface area contributed by atoms with Gasteiger partial charge in [0.05, 0.1) is 24.2 Å². The molecule has 3 aromatic rings. The Morgan fingerprint density at radius 1 is 1.08 bits per heavy atom. The van der Waals surface area contributed by atoms with E-state index in [0.29, 0.717) is 29.8 Å². The van der Waals surface area contributed by atoms with Crippen molar-refractivity contribution in [2.24, 2.45) is 0 Å². The van der Waals surface area contributed by atoms with E-state index in [-0.39, 0.29) is 12.2 Å². The zero-order chi connectivity index (χ0) is 25.9. The third kappa shape index (κ3) is 4.83. The topological polar surface area (TPSA) is 123 Å². The molecule has 0 saturated carbocycles. The largest absolute Gasteiger partial charge is 0.462 e. The lowest BCUT2D eigenvalue weighted by Gasteiger charge is -2.21. The molecule has 186 valence electrons. The predicted molar refractivity (Wildman–Crippen MR) is 130 cm³/mol. The van der Waals surface area contributed by atoms with Crippen molar-refractivity contribution in [3.63, 3.8) is 0 Å². The van der Waals surface area contributed by atoms with Crippen LogP contribution in [0.25, 0.3) is 5.69 Å². The van der Waals surface area contributed by atoms with Crippen LogP contribution in [0.1, 0.15) is 52.2 Å². The van der Waals surface area contributed by atoms with Crippen LogP contribution >= 0.6 is 0 Å². The third-order valence-electron chi connectivity index (χ3n) is 6.11. The lowest BCUT2D eigenvalue weighted by atomic mass is 9.93. The number of aryl methyl sites for hydroxylation is 1. The molecule has 1 saturated heterocycles. The van der Waals surface area contributed by atoms with Gasteiger partial charge in [-0.2, -0.15) is 10.1 Å². The maximum absolute atomic E-state index is 13.0.